The van der Waals surface area contributed by atoms with Crippen molar-refractivity contribution in [2.24, 2.45) is 5.92 Å². The first kappa shape index (κ1) is 14.0. The lowest BCUT2D eigenvalue weighted by Crippen LogP contribution is -2.37. The molecule has 1 aromatic heterocycles. The zero-order valence-electron chi connectivity index (χ0n) is 11.0. The maximum atomic E-state index is 11.6. The molecule has 1 rings (SSSR count). The number of pyridine rings is 1. The van der Waals surface area contributed by atoms with Crippen molar-refractivity contribution in [2.45, 2.75) is 13.8 Å². The molecule has 0 fully saturated rings. The summed E-state index contributed by atoms with van der Waals surface area (Å²) >= 11 is 0. The predicted molar refractivity (Wildman–Crippen MR) is 70.1 cm³/mol. The van der Waals surface area contributed by atoms with Gasteiger partial charge in [0.25, 0.3) is 0 Å². The first-order valence-electron chi connectivity index (χ1n) is 5.87. The van der Waals surface area contributed by atoms with Gasteiger partial charge < -0.3 is 10.2 Å². The number of hydrogen-bond donors (Lipinski definition) is 1. The van der Waals surface area contributed by atoms with Crippen molar-refractivity contribution in [1.82, 2.24) is 10.3 Å². The number of hydrogen-bond acceptors (Lipinski definition) is 4. The SMILES string of the molecule is CC(C)CNC(=O)CN(C)c1cc(C#N)ccn1. The number of nitrogens with one attached hydrogen (secondary N) is 1. The van der Waals surface area contributed by atoms with Crippen molar-refractivity contribution in [3.05, 3.63) is 23.9 Å². The van der Waals surface area contributed by atoms with Crippen LogP contribution in [0.1, 0.15) is 19.4 Å². The molecule has 96 valence electrons. The Hall–Kier alpha value is -2.09. The normalized spacial score (nSPS) is 9.94. The number of amides is 1. The summed E-state index contributed by atoms with van der Waals surface area (Å²) in [4.78, 5) is 17.5. The fourth-order valence-electron chi connectivity index (χ4n) is 1.37. The molecule has 1 heterocycles. The van der Waals surface area contributed by atoms with Gasteiger partial charge in [-0.05, 0) is 18.1 Å². The molecule has 1 amide bonds. The van der Waals surface area contributed by atoms with Gasteiger partial charge >= 0.3 is 0 Å². The van der Waals surface area contributed by atoms with Gasteiger partial charge in [0.1, 0.15) is 5.82 Å². The third kappa shape index (κ3) is 4.42. The van der Waals surface area contributed by atoms with Gasteiger partial charge in [-0.1, -0.05) is 13.8 Å². The second kappa shape index (κ2) is 6.60. The molecule has 18 heavy (non-hydrogen) atoms. The van der Waals surface area contributed by atoms with Gasteiger partial charge in [0.15, 0.2) is 0 Å². The molecule has 0 bridgehead atoms. The number of nitriles is 1. The van der Waals surface area contributed by atoms with E-state index in [0.29, 0.717) is 23.8 Å². The van der Waals surface area contributed by atoms with Crippen molar-refractivity contribution < 1.29 is 4.79 Å². The molecule has 0 aliphatic rings. The van der Waals surface area contributed by atoms with Crippen molar-refractivity contribution in [2.75, 3.05) is 25.0 Å². The molecule has 1 aromatic rings. The number of anilines is 1. The van der Waals surface area contributed by atoms with Gasteiger partial charge in [0.2, 0.25) is 5.91 Å². The summed E-state index contributed by atoms with van der Waals surface area (Å²) < 4.78 is 0. The number of carbonyl (C=O) groups is 1. The predicted octanol–water partition coefficient (Wildman–Crippen LogP) is 1.16. The van der Waals surface area contributed by atoms with Gasteiger partial charge in [0, 0.05) is 19.8 Å². The molecule has 0 atom stereocenters. The Labute approximate surface area is 107 Å². The Morgan fingerprint density at radius 2 is 2.33 bits per heavy atom. The van der Waals surface area contributed by atoms with E-state index in [-0.39, 0.29) is 12.5 Å². The molecule has 0 saturated carbocycles. The van der Waals surface area contributed by atoms with E-state index in [1.807, 2.05) is 19.9 Å². The van der Waals surface area contributed by atoms with Gasteiger partial charge in [-0.25, -0.2) is 4.98 Å². The van der Waals surface area contributed by atoms with E-state index in [0.717, 1.165) is 0 Å². The van der Waals surface area contributed by atoms with Gasteiger partial charge in [0.05, 0.1) is 18.2 Å². The molecule has 0 spiro atoms. The maximum absolute atomic E-state index is 11.6. The van der Waals surface area contributed by atoms with Crippen LogP contribution < -0.4 is 10.2 Å². The van der Waals surface area contributed by atoms with E-state index in [9.17, 15) is 4.79 Å². The van der Waals surface area contributed by atoms with Gasteiger partial charge in [-0.2, -0.15) is 5.26 Å². The maximum Gasteiger partial charge on any atom is 0.239 e. The fraction of sp³-hybridized carbons (Fsp3) is 0.462. The first-order valence-corrected chi connectivity index (χ1v) is 5.87. The molecule has 0 saturated heterocycles. The summed E-state index contributed by atoms with van der Waals surface area (Å²) in [5, 5.41) is 11.6. The van der Waals surface area contributed by atoms with Crippen molar-refractivity contribution in [3.8, 4) is 6.07 Å². The summed E-state index contributed by atoms with van der Waals surface area (Å²) in [7, 11) is 1.78. The molecule has 0 aliphatic heterocycles. The molecule has 5 heteroatoms. The van der Waals surface area contributed by atoms with Crippen LogP contribution in [0.15, 0.2) is 18.3 Å². The van der Waals surface area contributed by atoms with Crippen LogP contribution in [0.3, 0.4) is 0 Å². The van der Waals surface area contributed by atoms with E-state index in [1.54, 1.807) is 30.3 Å². The lowest BCUT2D eigenvalue weighted by atomic mass is 10.2. The smallest absolute Gasteiger partial charge is 0.239 e. The summed E-state index contributed by atoms with van der Waals surface area (Å²) in [5.74, 6) is 1.00. The fourth-order valence-corrected chi connectivity index (χ4v) is 1.37. The van der Waals surface area contributed by atoms with E-state index in [4.69, 9.17) is 5.26 Å². The molecule has 0 aromatic carbocycles. The molecule has 0 aliphatic carbocycles. The van der Waals surface area contributed by atoms with E-state index < -0.39 is 0 Å². The minimum absolute atomic E-state index is 0.0460. The Morgan fingerprint density at radius 3 is 2.94 bits per heavy atom. The summed E-state index contributed by atoms with van der Waals surface area (Å²) in [6, 6.07) is 5.35. The molecule has 1 N–H and O–H groups in total. The highest BCUT2D eigenvalue weighted by molar-refractivity contribution is 5.80. The summed E-state index contributed by atoms with van der Waals surface area (Å²) in [6.07, 6.45) is 1.57. The highest BCUT2D eigenvalue weighted by Crippen LogP contribution is 2.09. The molecule has 0 unspecified atom stereocenters. The van der Waals surface area contributed by atoms with Crippen LogP contribution in [0.2, 0.25) is 0 Å². The van der Waals surface area contributed by atoms with E-state index >= 15 is 0 Å². The van der Waals surface area contributed by atoms with E-state index in [1.165, 1.54) is 0 Å². The highest BCUT2D eigenvalue weighted by Gasteiger charge is 2.09. The van der Waals surface area contributed by atoms with Crippen molar-refractivity contribution in [3.63, 3.8) is 0 Å². The van der Waals surface area contributed by atoms with Crippen molar-refractivity contribution >= 4 is 11.7 Å². The zero-order valence-corrected chi connectivity index (χ0v) is 11.0. The van der Waals surface area contributed by atoms with Crippen LogP contribution in [0, 0.1) is 17.2 Å². The summed E-state index contributed by atoms with van der Waals surface area (Å²) in [5.41, 5.74) is 0.537. The number of likely N-dealkylation sites (N-methyl/N-ethyl adjacent to an activating group) is 1. The quantitative estimate of drug-likeness (QED) is 0.846. The second-order valence-corrected chi connectivity index (χ2v) is 4.57. The lowest BCUT2D eigenvalue weighted by molar-refractivity contribution is -0.119. The van der Waals surface area contributed by atoms with Gasteiger partial charge in [-0.15, -0.1) is 0 Å². The third-order valence-corrected chi connectivity index (χ3v) is 2.35. The topological polar surface area (TPSA) is 69.0 Å². The van der Waals surface area contributed by atoms with Crippen LogP contribution >= 0.6 is 0 Å². The Bertz CT molecular complexity index is 451. The van der Waals surface area contributed by atoms with Gasteiger partial charge in [-0.3, -0.25) is 4.79 Å². The molecule has 0 radical (unpaired) electrons. The third-order valence-electron chi connectivity index (χ3n) is 2.35. The molecular weight excluding hydrogens is 228 g/mol. The van der Waals surface area contributed by atoms with Crippen LogP contribution in [0.5, 0.6) is 0 Å². The zero-order chi connectivity index (χ0) is 13.5. The molecular formula is C13H18N4O. The largest absolute Gasteiger partial charge is 0.354 e. The average molecular weight is 246 g/mol. The minimum atomic E-state index is -0.0460. The Balaban J connectivity index is 2.56. The molecule has 5 nitrogen and oxygen atoms in total. The minimum Gasteiger partial charge on any atom is -0.354 e. The van der Waals surface area contributed by atoms with Crippen molar-refractivity contribution in [1.29, 1.82) is 5.26 Å². The number of nitrogens with zero attached hydrogens (tertiary/aromatic N) is 3. The van der Waals surface area contributed by atoms with E-state index in [2.05, 4.69) is 10.3 Å². The number of aromatic nitrogens is 1. The summed E-state index contributed by atoms with van der Waals surface area (Å²) in [6.45, 7) is 4.98. The first-order chi connectivity index (χ1) is 8.52. The Kier molecular flexibility index (Phi) is 5.12. The standard InChI is InChI=1S/C13H18N4O/c1-10(2)8-16-13(18)9-17(3)12-6-11(7-14)4-5-15-12/h4-6,10H,8-9H2,1-3H3,(H,16,18). The van der Waals surface area contributed by atoms with Crippen LogP contribution in [-0.2, 0) is 4.79 Å². The average Bonchev–Trinajstić information content (AvgIpc) is 2.36. The number of rotatable bonds is 5. The monoisotopic (exact) mass is 246 g/mol. The number of carbonyl (C=O) groups excluding carboxylic acids is 1. The van der Waals surface area contributed by atoms with Crippen LogP contribution in [-0.4, -0.2) is 31.0 Å². The second-order valence-electron chi connectivity index (χ2n) is 4.57. The Morgan fingerprint density at radius 1 is 1.61 bits per heavy atom. The lowest BCUT2D eigenvalue weighted by Gasteiger charge is -2.18. The van der Waals surface area contributed by atoms with Crippen LogP contribution in [0.25, 0.3) is 0 Å². The van der Waals surface area contributed by atoms with Crippen LogP contribution in [0.4, 0.5) is 5.82 Å². The highest BCUT2D eigenvalue weighted by atomic mass is 16.2.